The molecular weight excluding hydrogens is 562 g/mol. The predicted octanol–water partition coefficient (Wildman–Crippen LogP) is 5.11. The third-order valence-corrected chi connectivity index (χ3v) is 6.12. The van der Waals surface area contributed by atoms with E-state index in [1.807, 2.05) is 44.2 Å². The maximum atomic E-state index is 12.2. The second-order valence-electron chi connectivity index (χ2n) is 5.60. The molecule has 1 heterocycles. The van der Waals surface area contributed by atoms with Gasteiger partial charge in [-0.05, 0) is 106 Å². The molecule has 0 atom stereocenters. The van der Waals surface area contributed by atoms with Crippen molar-refractivity contribution in [1.29, 1.82) is 0 Å². The molecule has 0 spiro atoms. The number of benzene rings is 2. The summed E-state index contributed by atoms with van der Waals surface area (Å²) in [6.07, 6.45) is 1.81. The van der Waals surface area contributed by atoms with Crippen molar-refractivity contribution < 1.29 is 9.90 Å². The number of amides is 1. The van der Waals surface area contributed by atoms with Crippen molar-refractivity contribution in [3.05, 3.63) is 59.1 Å². The molecule has 1 saturated heterocycles. The van der Waals surface area contributed by atoms with Crippen molar-refractivity contribution in [2.24, 2.45) is 4.99 Å². The standard InChI is InChI=1S/C18H14I2N2O2S/c1-9-3-4-14(10(2)5-9)21-18-22-17(24)15(25-18)8-11-6-12(19)16(23)13(20)7-11/h3-8,23H,1-2H3,(H,21,22,24)/b15-8+. The number of aliphatic imine (C=N–C) groups is 1. The molecule has 2 aromatic carbocycles. The van der Waals surface area contributed by atoms with E-state index in [4.69, 9.17) is 0 Å². The summed E-state index contributed by atoms with van der Waals surface area (Å²) in [6, 6.07) is 9.72. The fourth-order valence-corrected chi connectivity index (χ4v) is 4.99. The zero-order chi connectivity index (χ0) is 18.1. The monoisotopic (exact) mass is 576 g/mol. The van der Waals surface area contributed by atoms with E-state index in [0.717, 1.165) is 24.0 Å². The van der Waals surface area contributed by atoms with Gasteiger partial charge in [-0.15, -0.1) is 0 Å². The largest absolute Gasteiger partial charge is 0.506 e. The molecule has 1 aliphatic heterocycles. The lowest BCUT2D eigenvalue weighted by molar-refractivity contribution is -0.115. The number of halogens is 2. The molecule has 2 aromatic rings. The van der Waals surface area contributed by atoms with Gasteiger partial charge in [0.05, 0.1) is 17.7 Å². The summed E-state index contributed by atoms with van der Waals surface area (Å²) in [5.74, 6) is 0.107. The zero-order valence-electron chi connectivity index (χ0n) is 13.4. The number of aryl methyl sites for hydroxylation is 2. The fraction of sp³-hybridized carbons (Fsp3) is 0.111. The van der Waals surface area contributed by atoms with Crippen molar-refractivity contribution in [3.8, 4) is 5.75 Å². The topological polar surface area (TPSA) is 61.7 Å². The molecule has 4 nitrogen and oxygen atoms in total. The molecule has 0 bridgehead atoms. The summed E-state index contributed by atoms with van der Waals surface area (Å²) in [4.78, 5) is 17.4. The normalized spacial score (nSPS) is 17.4. The first-order valence-corrected chi connectivity index (χ1v) is 10.4. The van der Waals surface area contributed by atoms with Gasteiger partial charge in [-0.1, -0.05) is 17.7 Å². The van der Waals surface area contributed by atoms with Gasteiger partial charge in [0.1, 0.15) is 5.75 Å². The smallest absolute Gasteiger partial charge is 0.264 e. The number of carbonyl (C=O) groups is 1. The molecule has 1 aliphatic rings. The van der Waals surface area contributed by atoms with Crippen LogP contribution in [0.25, 0.3) is 6.08 Å². The number of thioether (sulfide) groups is 1. The fourth-order valence-electron chi connectivity index (χ4n) is 2.34. The summed E-state index contributed by atoms with van der Waals surface area (Å²) in [7, 11) is 0. The van der Waals surface area contributed by atoms with Gasteiger partial charge in [0.15, 0.2) is 5.17 Å². The van der Waals surface area contributed by atoms with Crippen LogP contribution in [0.1, 0.15) is 16.7 Å². The van der Waals surface area contributed by atoms with Crippen LogP contribution in [-0.4, -0.2) is 16.2 Å². The Morgan fingerprint density at radius 1 is 1.16 bits per heavy atom. The first-order chi connectivity index (χ1) is 11.8. The van der Waals surface area contributed by atoms with Crippen molar-refractivity contribution in [2.75, 3.05) is 0 Å². The number of amidine groups is 1. The number of carbonyl (C=O) groups excluding carboxylic acids is 1. The maximum Gasteiger partial charge on any atom is 0.264 e. The summed E-state index contributed by atoms with van der Waals surface area (Å²) in [5, 5.41) is 13.2. The van der Waals surface area contributed by atoms with E-state index in [9.17, 15) is 9.90 Å². The molecule has 0 saturated carbocycles. The minimum Gasteiger partial charge on any atom is -0.506 e. The van der Waals surface area contributed by atoms with Crippen LogP contribution < -0.4 is 5.32 Å². The van der Waals surface area contributed by atoms with Crippen molar-refractivity contribution in [2.45, 2.75) is 13.8 Å². The number of phenolic OH excluding ortho intramolecular Hbond substituents is 1. The number of aromatic hydroxyl groups is 1. The molecule has 2 N–H and O–H groups in total. The van der Waals surface area contributed by atoms with Gasteiger partial charge in [0.2, 0.25) is 0 Å². The highest BCUT2D eigenvalue weighted by atomic mass is 127. The number of phenols is 1. The molecule has 0 aliphatic carbocycles. The summed E-state index contributed by atoms with van der Waals surface area (Å²) in [6.45, 7) is 4.04. The molecule has 25 heavy (non-hydrogen) atoms. The van der Waals surface area contributed by atoms with E-state index >= 15 is 0 Å². The minimum absolute atomic E-state index is 0.161. The highest BCUT2D eigenvalue weighted by Gasteiger charge is 2.24. The Labute approximate surface area is 177 Å². The number of hydrogen-bond donors (Lipinski definition) is 2. The molecule has 1 fully saturated rings. The van der Waals surface area contributed by atoms with E-state index in [2.05, 4.69) is 61.6 Å². The lowest BCUT2D eigenvalue weighted by Gasteiger charge is -2.03. The van der Waals surface area contributed by atoms with Crippen LogP contribution in [0.4, 0.5) is 5.69 Å². The highest BCUT2D eigenvalue weighted by molar-refractivity contribution is 14.1. The van der Waals surface area contributed by atoms with Gasteiger partial charge in [0, 0.05) is 0 Å². The van der Waals surface area contributed by atoms with Crippen LogP contribution in [0.3, 0.4) is 0 Å². The van der Waals surface area contributed by atoms with E-state index < -0.39 is 0 Å². The van der Waals surface area contributed by atoms with Crippen LogP contribution in [0.5, 0.6) is 5.75 Å². The summed E-state index contributed by atoms with van der Waals surface area (Å²) in [5.41, 5.74) is 3.98. The van der Waals surface area contributed by atoms with Crippen LogP contribution >= 0.6 is 56.9 Å². The molecule has 128 valence electrons. The molecule has 0 radical (unpaired) electrons. The Balaban J connectivity index is 1.88. The third kappa shape index (κ3) is 4.37. The van der Waals surface area contributed by atoms with Gasteiger partial charge >= 0.3 is 0 Å². The van der Waals surface area contributed by atoms with E-state index in [0.29, 0.717) is 10.1 Å². The van der Waals surface area contributed by atoms with Crippen LogP contribution in [-0.2, 0) is 4.79 Å². The Hall–Kier alpha value is -1.07. The van der Waals surface area contributed by atoms with E-state index in [1.165, 1.54) is 17.3 Å². The minimum atomic E-state index is -0.161. The average molecular weight is 576 g/mol. The average Bonchev–Trinajstić information content (AvgIpc) is 2.87. The SMILES string of the molecule is Cc1ccc(N=C2NC(=O)/C(=C\c3cc(I)c(O)c(I)c3)S2)c(C)c1. The predicted molar refractivity (Wildman–Crippen MR) is 120 cm³/mol. The molecule has 3 rings (SSSR count). The Morgan fingerprint density at radius 2 is 1.84 bits per heavy atom. The summed E-state index contributed by atoms with van der Waals surface area (Å²) < 4.78 is 1.51. The van der Waals surface area contributed by atoms with Gasteiger partial charge in [-0.2, -0.15) is 0 Å². The van der Waals surface area contributed by atoms with Gasteiger partial charge in [0.25, 0.3) is 5.91 Å². The molecule has 7 heteroatoms. The van der Waals surface area contributed by atoms with Crippen LogP contribution in [0.15, 0.2) is 40.2 Å². The molecule has 1 amide bonds. The Morgan fingerprint density at radius 3 is 2.48 bits per heavy atom. The Bertz CT molecular complexity index is 916. The van der Waals surface area contributed by atoms with Crippen LogP contribution in [0.2, 0.25) is 0 Å². The van der Waals surface area contributed by atoms with E-state index in [-0.39, 0.29) is 11.7 Å². The number of nitrogens with one attached hydrogen (secondary N) is 1. The second-order valence-corrected chi connectivity index (χ2v) is 8.96. The van der Waals surface area contributed by atoms with Gasteiger partial charge in [-0.3, -0.25) is 4.79 Å². The first kappa shape index (κ1) is 18.7. The van der Waals surface area contributed by atoms with Gasteiger partial charge < -0.3 is 10.4 Å². The molecule has 0 aromatic heterocycles. The number of nitrogens with zero attached hydrogens (tertiary/aromatic N) is 1. The summed E-state index contributed by atoms with van der Waals surface area (Å²) >= 11 is 5.48. The van der Waals surface area contributed by atoms with E-state index in [1.54, 1.807) is 0 Å². The maximum absolute atomic E-state index is 12.2. The zero-order valence-corrected chi connectivity index (χ0v) is 18.6. The first-order valence-electron chi connectivity index (χ1n) is 7.38. The van der Waals surface area contributed by atoms with Crippen LogP contribution in [0, 0.1) is 21.0 Å². The quantitative estimate of drug-likeness (QED) is 0.386. The Kier molecular flexibility index (Phi) is 5.74. The molecular formula is C18H14I2N2O2S. The van der Waals surface area contributed by atoms with Crippen molar-refractivity contribution in [3.63, 3.8) is 0 Å². The lowest BCUT2D eigenvalue weighted by atomic mass is 10.1. The third-order valence-electron chi connectivity index (χ3n) is 3.56. The van der Waals surface area contributed by atoms with Crippen molar-refractivity contribution >= 4 is 79.8 Å². The number of rotatable bonds is 2. The second kappa shape index (κ2) is 7.67. The number of hydrogen-bond acceptors (Lipinski definition) is 4. The highest BCUT2D eigenvalue weighted by Crippen LogP contribution is 2.32. The molecule has 0 unspecified atom stereocenters. The van der Waals surface area contributed by atoms with Gasteiger partial charge in [-0.25, -0.2) is 4.99 Å². The van der Waals surface area contributed by atoms with Crippen molar-refractivity contribution in [1.82, 2.24) is 5.32 Å². The lowest BCUT2D eigenvalue weighted by Crippen LogP contribution is -2.19.